The molecule has 1 amide bonds. The van der Waals surface area contributed by atoms with Crippen LogP contribution in [-0.2, 0) is 21.2 Å². The summed E-state index contributed by atoms with van der Waals surface area (Å²) in [6.07, 6.45) is 2.89. The lowest BCUT2D eigenvalue weighted by Crippen LogP contribution is -2.31. The number of sulfonamides is 1. The lowest BCUT2D eigenvalue weighted by Gasteiger charge is -2.32. The predicted molar refractivity (Wildman–Crippen MR) is 110 cm³/mol. The number of carboxylic acid groups (broad SMARTS) is 1. The molecule has 1 aromatic heterocycles. The summed E-state index contributed by atoms with van der Waals surface area (Å²) in [6, 6.07) is 6.26. The normalized spacial score (nSPS) is 21.2. The third-order valence-electron chi connectivity index (χ3n) is 5.99. The van der Waals surface area contributed by atoms with Gasteiger partial charge in [-0.2, -0.15) is 0 Å². The van der Waals surface area contributed by atoms with Crippen LogP contribution in [0.15, 0.2) is 35.3 Å². The van der Waals surface area contributed by atoms with Gasteiger partial charge in [-0.3, -0.25) is 9.59 Å². The van der Waals surface area contributed by atoms with E-state index in [0.717, 1.165) is 23.0 Å². The van der Waals surface area contributed by atoms with E-state index in [9.17, 15) is 27.9 Å². The zero-order valence-corrected chi connectivity index (χ0v) is 17.2. The van der Waals surface area contributed by atoms with Crippen LogP contribution in [0.25, 0.3) is 11.1 Å². The standard InChI is InChI=1S/C21H18N2O7S/c1-31(28,29)22-20(25)11-4-2-3-10-12(11)7-13-16-8-17(24)14(21(26)27)9-23(16)15-5-6-30-19(15)18(10)13/h2-4,8-9,15,19H,5-7H2,1H3,(H,22,25)(H,26,27)/t15-,19+/m1/s1. The highest BCUT2D eigenvalue weighted by atomic mass is 32.2. The molecule has 1 fully saturated rings. The second-order valence-corrected chi connectivity index (χ2v) is 9.65. The number of rotatable bonds is 3. The van der Waals surface area contributed by atoms with Crippen LogP contribution in [0.1, 0.15) is 50.0 Å². The van der Waals surface area contributed by atoms with Crippen molar-refractivity contribution < 1.29 is 27.9 Å². The number of benzene rings is 1. The Morgan fingerprint density at radius 3 is 2.74 bits per heavy atom. The SMILES string of the molecule is CS(=O)(=O)NC(=O)c1cccc2c1CC1=C2[C@H]2OCC[C@H]2n2cc(C(=O)O)c(=O)cc21. The first-order chi connectivity index (χ1) is 14.7. The van der Waals surface area contributed by atoms with Crippen LogP contribution in [0.5, 0.6) is 0 Å². The van der Waals surface area contributed by atoms with Gasteiger partial charge in [0.15, 0.2) is 5.43 Å². The number of nitrogens with zero attached hydrogens (tertiary/aromatic N) is 1. The van der Waals surface area contributed by atoms with Gasteiger partial charge in [0.1, 0.15) is 11.7 Å². The van der Waals surface area contributed by atoms with E-state index in [1.165, 1.54) is 12.3 Å². The van der Waals surface area contributed by atoms with E-state index in [0.29, 0.717) is 30.7 Å². The van der Waals surface area contributed by atoms with Gasteiger partial charge in [0, 0.05) is 36.5 Å². The van der Waals surface area contributed by atoms with E-state index < -0.39 is 27.3 Å². The van der Waals surface area contributed by atoms with Gasteiger partial charge >= 0.3 is 5.97 Å². The van der Waals surface area contributed by atoms with Gasteiger partial charge in [0.25, 0.3) is 5.91 Å². The maximum atomic E-state index is 12.6. The Balaban J connectivity index is 1.69. The van der Waals surface area contributed by atoms with E-state index in [4.69, 9.17) is 4.74 Å². The largest absolute Gasteiger partial charge is 0.477 e. The smallest absolute Gasteiger partial charge is 0.341 e. The van der Waals surface area contributed by atoms with Crippen molar-refractivity contribution in [3.05, 3.63) is 68.6 Å². The van der Waals surface area contributed by atoms with Crippen LogP contribution in [0, 0.1) is 0 Å². The van der Waals surface area contributed by atoms with Gasteiger partial charge in [-0.05, 0) is 34.8 Å². The van der Waals surface area contributed by atoms with E-state index in [1.807, 2.05) is 10.8 Å². The quantitative estimate of drug-likeness (QED) is 0.726. The lowest BCUT2D eigenvalue weighted by molar-refractivity contribution is 0.0693. The van der Waals surface area contributed by atoms with E-state index in [-0.39, 0.29) is 23.3 Å². The molecular weight excluding hydrogens is 424 g/mol. The van der Waals surface area contributed by atoms with Crippen LogP contribution in [0.3, 0.4) is 0 Å². The van der Waals surface area contributed by atoms with Crippen LogP contribution in [0.2, 0.25) is 0 Å². The summed E-state index contributed by atoms with van der Waals surface area (Å²) in [6.45, 7) is 0.476. The molecule has 160 valence electrons. The first-order valence-electron chi connectivity index (χ1n) is 9.64. The average molecular weight is 442 g/mol. The predicted octanol–water partition coefficient (Wildman–Crippen LogP) is 1.05. The zero-order valence-electron chi connectivity index (χ0n) is 16.4. The molecule has 2 N–H and O–H groups in total. The summed E-state index contributed by atoms with van der Waals surface area (Å²) in [4.78, 5) is 36.5. The highest BCUT2D eigenvalue weighted by Crippen LogP contribution is 2.50. The fourth-order valence-corrected chi connectivity index (χ4v) is 5.27. The Morgan fingerprint density at radius 1 is 1.26 bits per heavy atom. The fourth-order valence-electron chi connectivity index (χ4n) is 4.82. The Hall–Kier alpha value is -3.24. The maximum Gasteiger partial charge on any atom is 0.341 e. The van der Waals surface area contributed by atoms with Crippen molar-refractivity contribution in [2.24, 2.45) is 0 Å². The fraction of sp³-hybridized carbons (Fsp3) is 0.286. The number of aromatic nitrogens is 1. The molecule has 9 nitrogen and oxygen atoms in total. The number of pyridine rings is 1. The number of ether oxygens (including phenoxy) is 1. The second-order valence-electron chi connectivity index (χ2n) is 7.90. The Morgan fingerprint density at radius 2 is 2.03 bits per heavy atom. The number of carbonyl (C=O) groups excluding carboxylic acids is 1. The molecule has 3 heterocycles. The molecule has 2 aromatic rings. The summed E-state index contributed by atoms with van der Waals surface area (Å²) in [5, 5.41) is 9.38. The molecule has 5 rings (SSSR count). The van der Waals surface area contributed by atoms with Crippen LogP contribution >= 0.6 is 0 Å². The number of amides is 1. The van der Waals surface area contributed by atoms with Crippen molar-refractivity contribution in [3.63, 3.8) is 0 Å². The number of carbonyl (C=O) groups is 2. The second kappa shape index (κ2) is 6.63. The van der Waals surface area contributed by atoms with Gasteiger partial charge in [0.05, 0.1) is 12.3 Å². The van der Waals surface area contributed by atoms with Gasteiger partial charge in [-0.15, -0.1) is 0 Å². The van der Waals surface area contributed by atoms with Crippen LogP contribution in [-0.4, -0.2) is 48.9 Å². The minimum atomic E-state index is -3.74. The molecule has 3 aliphatic rings. The van der Waals surface area contributed by atoms with Crippen molar-refractivity contribution in [1.82, 2.24) is 9.29 Å². The number of aromatic carboxylic acids is 1. The lowest BCUT2D eigenvalue weighted by atomic mass is 9.89. The van der Waals surface area contributed by atoms with Crippen LogP contribution in [0.4, 0.5) is 0 Å². The molecule has 1 saturated heterocycles. The van der Waals surface area contributed by atoms with Crippen molar-refractivity contribution in [2.45, 2.75) is 25.0 Å². The summed E-state index contributed by atoms with van der Waals surface area (Å²) >= 11 is 0. The molecule has 2 aliphatic heterocycles. The van der Waals surface area contributed by atoms with Crippen molar-refractivity contribution in [3.8, 4) is 0 Å². The molecule has 1 aromatic carbocycles. The molecule has 31 heavy (non-hydrogen) atoms. The van der Waals surface area contributed by atoms with E-state index >= 15 is 0 Å². The number of allylic oxidation sites excluding steroid dienone is 1. The van der Waals surface area contributed by atoms with Crippen molar-refractivity contribution in [2.75, 3.05) is 12.9 Å². The third-order valence-corrected chi connectivity index (χ3v) is 6.55. The molecule has 2 atom stereocenters. The molecule has 1 aliphatic carbocycles. The number of hydrogen-bond acceptors (Lipinski definition) is 6. The summed E-state index contributed by atoms with van der Waals surface area (Å²) in [5.41, 5.74) is 3.04. The van der Waals surface area contributed by atoms with Gasteiger partial charge in [-0.25, -0.2) is 17.9 Å². The number of carboxylic acids is 1. The first kappa shape index (κ1) is 19.7. The minimum Gasteiger partial charge on any atom is -0.477 e. The molecule has 10 heteroatoms. The number of nitrogens with one attached hydrogen (secondary N) is 1. The molecule has 0 saturated carbocycles. The zero-order chi connectivity index (χ0) is 22.1. The first-order valence-corrected chi connectivity index (χ1v) is 11.5. The molecule has 0 spiro atoms. The number of hydrogen-bond donors (Lipinski definition) is 2. The monoisotopic (exact) mass is 442 g/mol. The Kier molecular flexibility index (Phi) is 4.21. The average Bonchev–Trinajstić information content (AvgIpc) is 3.30. The molecular formula is C21H18N2O7S. The Bertz CT molecular complexity index is 1370. The van der Waals surface area contributed by atoms with Crippen molar-refractivity contribution >= 4 is 33.0 Å². The van der Waals surface area contributed by atoms with Gasteiger partial charge in [-0.1, -0.05) is 12.1 Å². The van der Waals surface area contributed by atoms with Crippen molar-refractivity contribution in [1.29, 1.82) is 0 Å². The van der Waals surface area contributed by atoms with Crippen LogP contribution < -0.4 is 10.2 Å². The van der Waals surface area contributed by atoms with E-state index in [1.54, 1.807) is 16.7 Å². The highest BCUT2D eigenvalue weighted by Gasteiger charge is 2.44. The molecule has 0 bridgehead atoms. The number of fused-ring (bicyclic) bond motifs is 7. The minimum absolute atomic E-state index is 0.174. The third kappa shape index (κ3) is 3.02. The summed E-state index contributed by atoms with van der Waals surface area (Å²) in [5.74, 6) is -2.01. The summed E-state index contributed by atoms with van der Waals surface area (Å²) < 4.78 is 32.9. The molecule has 0 radical (unpaired) electrons. The van der Waals surface area contributed by atoms with Gasteiger partial charge < -0.3 is 14.4 Å². The van der Waals surface area contributed by atoms with E-state index in [2.05, 4.69) is 0 Å². The topological polar surface area (TPSA) is 132 Å². The molecule has 0 unspecified atom stereocenters. The summed E-state index contributed by atoms with van der Waals surface area (Å²) in [7, 11) is -3.74. The highest BCUT2D eigenvalue weighted by molar-refractivity contribution is 7.89. The van der Waals surface area contributed by atoms with Gasteiger partial charge in [0.2, 0.25) is 10.0 Å². The maximum absolute atomic E-state index is 12.6. The Labute approximate surface area is 177 Å².